The molecule has 0 spiro atoms. The Labute approximate surface area is 127 Å². The molecule has 1 aromatic carbocycles. The van der Waals surface area contributed by atoms with Gasteiger partial charge in [0.05, 0.1) is 11.4 Å². The number of hydrogen-bond acceptors (Lipinski definition) is 4. The Morgan fingerprint density at radius 1 is 1.40 bits per heavy atom. The van der Waals surface area contributed by atoms with Crippen molar-refractivity contribution in [1.82, 2.24) is 4.31 Å². The fourth-order valence-electron chi connectivity index (χ4n) is 1.65. The number of primary amides is 1. The van der Waals surface area contributed by atoms with Crippen molar-refractivity contribution in [2.45, 2.75) is 24.7 Å². The van der Waals surface area contributed by atoms with Crippen LogP contribution in [-0.2, 0) is 14.8 Å². The van der Waals surface area contributed by atoms with Gasteiger partial charge in [-0.15, -0.1) is 0 Å². The van der Waals surface area contributed by atoms with Crippen LogP contribution >= 0.6 is 15.9 Å². The Morgan fingerprint density at radius 2 is 2.05 bits per heavy atom. The van der Waals surface area contributed by atoms with Crippen LogP contribution in [0.5, 0.6) is 0 Å². The highest BCUT2D eigenvalue weighted by Gasteiger charge is 2.27. The van der Waals surface area contributed by atoms with Gasteiger partial charge in [-0.25, -0.2) is 8.42 Å². The molecular formula is C12H18BrN3O3S. The van der Waals surface area contributed by atoms with Crippen LogP contribution in [0.4, 0.5) is 5.69 Å². The number of amides is 1. The molecule has 0 unspecified atom stereocenters. The average molecular weight is 364 g/mol. The van der Waals surface area contributed by atoms with Gasteiger partial charge in [0.2, 0.25) is 15.9 Å². The van der Waals surface area contributed by atoms with Crippen LogP contribution in [0.2, 0.25) is 0 Å². The van der Waals surface area contributed by atoms with E-state index >= 15 is 0 Å². The number of carbonyl (C=O) groups excluding carboxylic acids is 1. The highest BCUT2D eigenvalue weighted by molar-refractivity contribution is 9.10. The highest BCUT2D eigenvalue weighted by atomic mass is 79.9. The normalized spacial score (nSPS) is 11.8. The maximum absolute atomic E-state index is 12.6. The minimum atomic E-state index is -3.82. The predicted octanol–water partition coefficient (Wildman–Crippen LogP) is 1.31. The zero-order chi connectivity index (χ0) is 15.3. The minimum absolute atomic E-state index is 0.0369. The smallest absolute Gasteiger partial charge is 0.244 e. The number of hydrogen-bond donors (Lipinski definition) is 2. The van der Waals surface area contributed by atoms with Crippen LogP contribution in [0.1, 0.15) is 19.8 Å². The van der Waals surface area contributed by atoms with Crippen molar-refractivity contribution in [3.63, 3.8) is 0 Å². The summed E-state index contributed by atoms with van der Waals surface area (Å²) in [4.78, 5) is 11.1. The molecular weight excluding hydrogens is 346 g/mol. The molecule has 0 aliphatic carbocycles. The molecule has 1 aromatic rings. The van der Waals surface area contributed by atoms with Crippen molar-refractivity contribution in [1.29, 1.82) is 0 Å². The molecule has 0 bridgehead atoms. The molecule has 0 radical (unpaired) electrons. The second kappa shape index (κ2) is 7.05. The van der Waals surface area contributed by atoms with Gasteiger partial charge in [-0.05, 0) is 40.5 Å². The van der Waals surface area contributed by atoms with Crippen molar-refractivity contribution in [3.05, 3.63) is 22.7 Å². The van der Waals surface area contributed by atoms with E-state index in [1.165, 1.54) is 6.07 Å². The van der Waals surface area contributed by atoms with Crippen LogP contribution in [0.3, 0.4) is 0 Å². The van der Waals surface area contributed by atoms with E-state index in [4.69, 9.17) is 11.5 Å². The molecule has 0 aromatic heterocycles. The van der Waals surface area contributed by atoms with E-state index in [0.717, 1.165) is 10.7 Å². The molecule has 0 aliphatic heterocycles. The van der Waals surface area contributed by atoms with Gasteiger partial charge in [0, 0.05) is 16.7 Å². The third-order valence-corrected chi connectivity index (χ3v) is 5.51. The van der Waals surface area contributed by atoms with Gasteiger partial charge in [0.15, 0.2) is 0 Å². The summed E-state index contributed by atoms with van der Waals surface area (Å²) < 4.78 is 26.6. The predicted molar refractivity (Wildman–Crippen MR) is 81.4 cm³/mol. The lowest BCUT2D eigenvalue weighted by Gasteiger charge is -2.21. The lowest BCUT2D eigenvalue weighted by atomic mass is 10.3. The van der Waals surface area contributed by atoms with Crippen molar-refractivity contribution in [2.75, 3.05) is 18.8 Å². The van der Waals surface area contributed by atoms with Crippen LogP contribution in [0.15, 0.2) is 27.6 Å². The maximum atomic E-state index is 12.6. The van der Waals surface area contributed by atoms with Crippen LogP contribution < -0.4 is 11.5 Å². The van der Waals surface area contributed by atoms with Crippen LogP contribution in [0.25, 0.3) is 0 Å². The summed E-state index contributed by atoms with van der Waals surface area (Å²) >= 11 is 3.19. The maximum Gasteiger partial charge on any atom is 0.244 e. The standard InChI is InChI=1S/C12H18BrN3O3S/c1-2-3-6-16(8-12(15)17)20(18,19)11-7-9(14)4-5-10(11)13/h4-5,7H,2-3,6,8,14H2,1H3,(H2,15,17). The minimum Gasteiger partial charge on any atom is -0.399 e. The van der Waals surface area contributed by atoms with E-state index in [9.17, 15) is 13.2 Å². The number of halogens is 1. The topological polar surface area (TPSA) is 106 Å². The molecule has 1 amide bonds. The largest absolute Gasteiger partial charge is 0.399 e. The Morgan fingerprint density at radius 3 is 2.60 bits per heavy atom. The summed E-state index contributed by atoms with van der Waals surface area (Å²) in [7, 11) is -3.82. The van der Waals surface area contributed by atoms with Crippen molar-refractivity contribution in [3.8, 4) is 0 Å². The number of nitrogens with zero attached hydrogens (tertiary/aromatic N) is 1. The molecule has 0 aliphatic rings. The Kier molecular flexibility index (Phi) is 5.97. The molecule has 0 fully saturated rings. The quantitative estimate of drug-likeness (QED) is 0.712. The molecule has 0 saturated carbocycles. The first kappa shape index (κ1) is 16.9. The van der Waals surface area contributed by atoms with E-state index in [0.29, 0.717) is 16.6 Å². The van der Waals surface area contributed by atoms with Crippen molar-refractivity contribution < 1.29 is 13.2 Å². The van der Waals surface area contributed by atoms with E-state index in [1.807, 2.05) is 6.92 Å². The van der Waals surface area contributed by atoms with Gasteiger partial charge < -0.3 is 11.5 Å². The number of carbonyl (C=O) groups is 1. The van der Waals surface area contributed by atoms with Gasteiger partial charge in [-0.1, -0.05) is 13.3 Å². The second-order valence-electron chi connectivity index (χ2n) is 4.35. The summed E-state index contributed by atoms with van der Waals surface area (Å²) in [5, 5.41) is 0. The monoisotopic (exact) mass is 363 g/mol. The number of rotatable bonds is 7. The third kappa shape index (κ3) is 4.19. The zero-order valence-electron chi connectivity index (χ0n) is 11.2. The van der Waals surface area contributed by atoms with E-state index in [2.05, 4.69) is 15.9 Å². The fourth-order valence-corrected chi connectivity index (χ4v) is 4.05. The zero-order valence-corrected chi connectivity index (χ0v) is 13.6. The molecule has 8 heteroatoms. The van der Waals surface area contributed by atoms with Crippen molar-refractivity contribution >= 4 is 37.5 Å². The molecule has 20 heavy (non-hydrogen) atoms. The first-order chi connectivity index (χ1) is 9.28. The number of nitrogen functional groups attached to an aromatic ring is 1. The Bertz CT molecular complexity index is 590. The number of sulfonamides is 1. The van der Waals surface area contributed by atoms with Gasteiger partial charge in [0.25, 0.3) is 0 Å². The highest BCUT2D eigenvalue weighted by Crippen LogP contribution is 2.27. The first-order valence-electron chi connectivity index (χ1n) is 6.12. The van der Waals surface area contributed by atoms with Gasteiger partial charge in [0.1, 0.15) is 0 Å². The van der Waals surface area contributed by atoms with E-state index in [-0.39, 0.29) is 18.0 Å². The molecule has 0 saturated heterocycles. The molecule has 112 valence electrons. The summed E-state index contributed by atoms with van der Waals surface area (Å²) in [6.07, 6.45) is 1.45. The molecule has 6 nitrogen and oxygen atoms in total. The van der Waals surface area contributed by atoms with Crippen molar-refractivity contribution in [2.24, 2.45) is 5.73 Å². The SMILES string of the molecule is CCCCN(CC(N)=O)S(=O)(=O)c1cc(N)ccc1Br. The lowest BCUT2D eigenvalue weighted by Crippen LogP contribution is -2.39. The first-order valence-corrected chi connectivity index (χ1v) is 8.35. The second-order valence-corrected chi connectivity index (χ2v) is 7.11. The fraction of sp³-hybridized carbons (Fsp3) is 0.417. The van der Waals surface area contributed by atoms with Gasteiger partial charge >= 0.3 is 0 Å². The summed E-state index contributed by atoms with van der Waals surface area (Å²) in [5.74, 6) is -0.690. The Hall–Kier alpha value is -1.12. The van der Waals surface area contributed by atoms with Crippen LogP contribution in [-0.4, -0.2) is 31.7 Å². The van der Waals surface area contributed by atoms with Gasteiger partial charge in [-0.3, -0.25) is 4.79 Å². The molecule has 0 atom stereocenters. The Balaban J connectivity index is 3.20. The number of nitrogens with two attached hydrogens (primary N) is 2. The van der Waals surface area contributed by atoms with E-state index in [1.54, 1.807) is 12.1 Å². The molecule has 0 heterocycles. The number of benzene rings is 1. The third-order valence-electron chi connectivity index (χ3n) is 2.67. The van der Waals surface area contributed by atoms with E-state index < -0.39 is 15.9 Å². The number of anilines is 1. The summed E-state index contributed by atoms with van der Waals surface area (Å²) in [5.41, 5.74) is 11.1. The van der Waals surface area contributed by atoms with Crippen LogP contribution in [0, 0.1) is 0 Å². The summed E-state index contributed by atoms with van der Waals surface area (Å²) in [6, 6.07) is 4.51. The van der Waals surface area contributed by atoms with Gasteiger partial charge in [-0.2, -0.15) is 4.31 Å². The number of unbranched alkanes of at least 4 members (excludes halogenated alkanes) is 1. The average Bonchev–Trinajstić information content (AvgIpc) is 2.36. The molecule has 1 rings (SSSR count). The summed E-state index contributed by atoms with van der Waals surface area (Å²) in [6.45, 7) is 1.83. The molecule has 4 N–H and O–H groups in total. The lowest BCUT2D eigenvalue weighted by molar-refractivity contribution is -0.118.